The van der Waals surface area contributed by atoms with Crippen molar-refractivity contribution in [1.82, 2.24) is 10.5 Å². The molecule has 1 aliphatic rings. The van der Waals surface area contributed by atoms with Crippen LogP contribution in [0, 0.1) is 0 Å². The molecule has 29 heavy (non-hydrogen) atoms. The van der Waals surface area contributed by atoms with Gasteiger partial charge in [-0.25, -0.2) is 0 Å². The molecule has 0 fully saturated rings. The topological polar surface area (TPSA) is 84.7 Å². The predicted octanol–water partition coefficient (Wildman–Crippen LogP) is 3.18. The number of ether oxygens (including phenoxy) is 1. The molecule has 0 unspecified atom stereocenters. The highest BCUT2D eigenvalue weighted by Gasteiger charge is 2.31. The Balaban J connectivity index is 1.45. The molecule has 0 bridgehead atoms. The van der Waals surface area contributed by atoms with Crippen LogP contribution in [-0.4, -0.2) is 36.7 Å². The molecule has 2 heterocycles. The van der Waals surface area contributed by atoms with E-state index in [1.807, 2.05) is 36.4 Å². The van der Waals surface area contributed by atoms with E-state index in [2.05, 4.69) is 26.4 Å². The minimum absolute atomic E-state index is 0.0261. The van der Waals surface area contributed by atoms with Gasteiger partial charge in [0.2, 0.25) is 0 Å². The average molecular weight is 456 g/mol. The molecule has 3 aromatic rings. The number of fused-ring (bicyclic) bond motifs is 1. The van der Waals surface area contributed by atoms with Crippen LogP contribution in [0.3, 0.4) is 0 Å². The summed E-state index contributed by atoms with van der Waals surface area (Å²) in [7, 11) is 1.65. The molecule has 0 saturated heterocycles. The number of carbonyl (C=O) groups is 2. The quantitative estimate of drug-likeness (QED) is 0.652. The fourth-order valence-corrected chi connectivity index (χ4v) is 3.46. The lowest BCUT2D eigenvalue weighted by Crippen LogP contribution is -2.49. The first kappa shape index (κ1) is 19.2. The van der Waals surface area contributed by atoms with E-state index in [0.29, 0.717) is 23.6 Å². The first-order chi connectivity index (χ1) is 14.0. The maximum Gasteiger partial charge on any atom is 0.274 e. The number of aromatic nitrogens is 1. The average Bonchev–Trinajstić information content (AvgIpc) is 3.16. The highest BCUT2D eigenvalue weighted by molar-refractivity contribution is 9.10. The molecule has 2 aromatic carbocycles. The highest BCUT2D eigenvalue weighted by atomic mass is 79.9. The van der Waals surface area contributed by atoms with Crippen LogP contribution in [0.15, 0.2) is 63.6 Å². The second-order valence-corrected chi connectivity index (χ2v) is 7.60. The molecule has 1 N–H and O–H groups in total. The summed E-state index contributed by atoms with van der Waals surface area (Å²) in [6.07, 6.45) is 0.527. The van der Waals surface area contributed by atoms with Crippen molar-refractivity contribution in [2.45, 2.75) is 12.5 Å². The van der Waals surface area contributed by atoms with Crippen LogP contribution in [0.25, 0.3) is 0 Å². The first-order valence-corrected chi connectivity index (χ1v) is 9.81. The van der Waals surface area contributed by atoms with Gasteiger partial charge < -0.3 is 19.5 Å². The summed E-state index contributed by atoms with van der Waals surface area (Å²) in [5, 5.41) is 6.53. The number of amides is 2. The Labute approximate surface area is 175 Å². The van der Waals surface area contributed by atoms with E-state index in [4.69, 9.17) is 9.26 Å². The third-order valence-corrected chi connectivity index (χ3v) is 5.13. The van der Waals surface area contributed by atoms with Gasteiger partial charge in [0.1, 0.15) is 24.2 Å². The summed E-state index contributed by atoms with van der Waals surface area (Å²) >= 11 is 3.39. The van der Waals surface area contributed by atoms with Crippen LogP contribution in [0.1, 0.15) is 21.8 Å². The Kier molecular flexibility index (Phi) is 5.35. The van der Waals surface area contributed by atoms with Crippen LogP contribution in [-0.2, 0) is 11.2 Å². The lowest BCUT2D eigenvalue weighted by atomic mass is 10.1. The molecule has 1 aliphatic heterocycles. The number of nitrogens with zero attached hydrogens (tertiary/aromatic N) is 2. The summed E-state index contributed by atoms with van der Waals surface area (Å²) in [5.41, 5.74) is 1.80. The summed E-state index contributed by atoms with van der Waals surface area (Å²) in [5.74, 6) is 0.380. The normalized spacial score (nSPS) is 16.0. The summed E-state index contributed by atoms with van der Waals surface area (Å²) in [6.45, 7) is 0.0261. The van der Waals surface area contributed by atoms with Crippen LogP contribution in [0.4, 0.5) is 5.69 Å². The van der Waals surface area contributed by atoms with Crippen molar-refractivity contribution in [3.63, 3.8) is 0 Å². The minimum Gasteiger partial charge on any atom is -0.489 e. The lowest BCUT2D eigenvalue weighted by Gasteiger charge is -2.20. The second-order valence-electron chi connectivity index (χ2n) is 6.69. The monoisotopic (exact) mass is 455 g/mol. The number of hydrogen-bond donors (Lipinski definition) is 1. The van der Waals surface area contributed by atoms with Crippen molar-refractivity contribution in [2.24, 2.45) is 0 Å². The fraction of sp³-hybridized carbons (Fsp3) is 0.190. The smallest absolute Gasteiger partial charge is 0.274 e. The van der Waals surface area contributed by atoms with E-state index >= 15 is 0 Å². The Morgan fingerprint density at radius 2 is 2.03 bits per heavy atom. The largest absolute Gasteiger partial charge is 0.489 e. The number of nitrogens with one attached hydrogen (secondary N) is 1. The number of carbonyl (C=O) groups excluding carboxylic acids is 2. The molecule has 2 amide bonds. The van der Waals surface area contributed by atoms with Gasteiger partial charge in [-0.2, -0.15) is 0 Å². The van der Waals surface area contributed by atoms with E-state index in [1.54, 1.807) is 25.2 Å². The third kappa shape index (κ3) is 4.17. The lowest BCUT2D eigenvalue weighted by molar-refractivity contribution is -0.120. The van der Waals surface area contributed by atoms with Gasteiger partial charge in [0.25, 0.3) is 11.8 Å². The van der Waals surface area contributed by atoms with Gasteiger partial charge in [-0.05, 0) is 23.8 Å². The van der Waals surface area contributed by atoms with Crippen molar-refractivity contribution < 1.29 is 18.8 Å². The molecule has 1 aromatic heterocycles. The van der Waals surface area contributed by atoms with Crippen LogP contribution < -0.4 is 15.0 Å². The number of benzene rings is 2. The molecule has 4 rings (SSSR count). The van der Waals surface area contributed by atoms with Gasteiger partial charge in [-0.1, -0.05) is 51.4 Å². The van der Waals surface area contributed by atoms with E-state index in [0.717, 1.165) is 10.0 Å². The van der Waals surface area contributed by atoms with Crippen LogP contribution in [0.2, 0.25) is 0 Å². The van der Waals surface area contributed by atoms with Gasteiger partial charge in [-0.15, -0.1) is 0 Å². The molecule has 7 nitrogen and oxygen atoms in total. The Morgan fingerprint density at radius 3 is 2.83 bits per heavy atom. The predicted molar refractivity (Wildman–Crippen MR) is 110 cm³/mol. The highest BCUT2D eigenvalue weighted by Crippen LogP contribution is 2.33. The summed E-state index contributed by atoms with van der Waals surface area (Å²) in [6, 6.07) is 15.9. The molecule has 0 spiro atoms. The number of hydrogen-bond acceptors (Lipinski definition) is 5. The maximum absolute atomic E-state index is 12.8. The van der Waals surface area contributed by atoms with E-state index in [1.165, 1.54) is 4.90 Å². The van der Waals surface area contributed by atoms with Gasteiger partial charge in [0.15, 0.2) is 5.69 Å². The molecule has 148 valence electrons. The van der Waals surface area contributed by atoms with Gasteiger partial charge in [0.05, 0.1) is 5.69 Å². The number of rotatable bonds is 4. The van der Waals surface area contributed by atoms with Crippen LogP contribution >= 0.6 is 15.9 Å². The Morgan fingerprint density at radius 1 is 1.24 bits per heavy atom. The van der Waals surface area contributed by atoms with Crippen molar-refractivity contribution in [3.8, 4) is 5.75 Å². The van der Waals surface area contributed by atoms with E-state index < -0.39 is 11.9 Å². The number of halogens is 1. The van der Waals surface area contributed by atoms with Crippen LogP contribution in [0.5, 0.6) is 5.75 Å². The molecular weight excluding hydrogens is 438 g/mol. The summed E-state index contributed by atoms with van der Waals surface area (Å²) < 4.78 is 11.8. The molecular formula is C21H18BrN3O4. The van der Waals surface area contributed by atoms with Crippen molar-refractivity contribution in [3.05, 3.63) is 76.1 Å². The van der Waals surface area contributed by atoms with E-state index in [9.17, 15) is 9.59 Å². The number of anilines is 1. The molecule has 8 heteroatoms. The maximum atomic E-state index is 12.8. The van der Waals surface area contributed by atoms with Gasteiger partial charge >= 0.3 is 0 Å². The minimum atomic E-state index is -0.840. The number of likely N-dealkylation sites (N-methyl/N-ethyl adjacent to an activating group) is 1. The second kappa shape index (κ2) is 8.08. The zero-order chi connectivity index (χ0) is 20.4. The molecule has 1 atom stereocenters. The van der Waals surface area contributed by atoms with Gasteiger partial charge in [-0.3, -0.25) is 9.59 Å². The van der Waals surface area contributed by atoms with Crippen molar-refractivity contribution in [2.75, 3.05) is 18.6 Å². The first-order valence-electron chi connectivity index (χ1n) is 9.01. The van der Waals surface area contributed by atoms with Crippen molar-refractivity contribution >= 4 is 33.4 Å². The Hall–Kier alpha value is -3.13. The van der Waals surface area contributed by atoms with Gasteiger partial charge in [0, 0.05) is 24.0 Å². The standard InChI is InChI=1S/C21H18BrN3O4/c1-25-18-10-14(22)7-8-19(18)28-12-17(21(25)27)23-20(26)16-11-15(29-24-16)9-13-5-3-2-4-6-13/h2-8,10-11,17H,9,12H2,1H3,(H,23,26)/t17-/m0/s1. The molecule has 0 radical (unpaired) electrons. The molecule has 0 aliphatic carbocycles. The summed E-state index contributed by atoms with van der Waals surface area (Å²) in [4.78, 5) is 26.9. The zero-order valence-electron chi connectivity index (χ0n) is 15.6. The van der Waals surface area contributed by atoms with E-state index in [-0.39, 0.29) is 18.2 Å². The molecule has 0 saturated carbocycles. The Bertz CT molecular complexity index is 1050. The fourth-order valence-electron chi connectivity index (χ4n) is 3.11. The van der Waals surface area contributed by atoms with Crippen molar-refractivity contribution in [1.29, 1.82) is 0 Å². The third-order valence-electron chi connectivity index (χ3n) is 4.63. The SMILES string of the molecule is CN1C(=O)[C@@H](NC(=O)c2cc(Cc3ccccc3)on2)COc2ccc(Br)cc21. The zero-order valence-corrected chi connectivity index (χ0v) is 17.2.